The number of rotatable bonds is 5. The van der Waals surface area contributed by atoms with E-state index in [4.69, 9.17) is 5.11 Å². The van der Waals surface area contributed by atoms with Gasteiger partial charge in [0.1, 0.15) is 5.82 Å². The van der Waals surface area contributed by atoms with Crippen LogP contribution in [0, 0.1) is 5.82 Å². The highest BCUT2D eigenvalue weighted by atomic mass is 32.2. The Morgan fingerprint density at radius 2 is 2.32 bits per heavy atom. The molecule has 100 valence electrons. The fourth-order valence-corrected chi connectivity index (χ4v) is 2.16. The molecule has 6 nitrogen and oxygen atoms in total. The summed E-state index contributed by atoms with van der Waals surface area (Å²) in [6.07, 6.45) is 0. The highest BCUT2D eigenvalue weighted by Crippen LogP contribution is 2.14. The first-order valence-corrected chi connectivity index (χ1v) is 6.29. The molecule has 0 saturated heterocycles. The van der Waals surface area contributed by atoms with E-state index in [0.717, 1.165) is 11.8 Å². The zero-order chi connectivity index (χ0) is 13.8. The van der Waals surface area contributed by atoms with E-state index in [1.165, 1.54) is 16.7 Å². The lowest BCUT2D eigenvalue weighted by molar-refractivity contribution is -0.133. The molecule has 0 amide bonds. The number of aliphatic carboxylic acids is 1. The molecule has 0 atom stereocenters. The molecule has 0 radical (unpaired) electrons. The Hall–Kier alpha value is -2.09. The molecule has 0 spiro atoms. The number of aromatic amines is 1. The van der Waals surface area contributed by atoms with Crippen molar-refractivity contribution in [1.82, 2.24) is 14.8 Å². The number of benzene rings is 1. The van der Waals surface area contributed by atoms with Gasteiger partial charge in [-0.05, 0) is 17.7 Å². The van der Waals surface area contributed by atoms with Crippen LogP contribution >= 0.6 is 11.8 Å². The van der Waals surface area contributed by atoms with Gasteiger partial charge in [0.25, 0.3) is 0 Å². The second-order valence-electron chi connectivity index (χ2n) is 3.71. The fourth-order valence-electron chi connectivity index (χ4n) is 1.50. The van der Waals surface area contributed by atoms with Gasteiger partial charge in [-0.2, -0.15) is 0 Å². The molecule has 1 heterocycles. The molecular formula is C11H10FN3O3S. The molecule has 0 aliphatic carbocycles. The number of carboxylic acid groups (broad SMARTS) is 1. The van der Waals surface area contributed by atoms with E-state index in [1.54, 1.807) is 12.1 Å². The molecular weight excluding hydrogens is 273 g/mol. The summed E-state index contributed by atoms with van der Waals surface area (Å²) in [6, 6.07) is 5.83. The maximum absolute atomic E-state index is 13.1. The van der Waals surface area contributed by atoms with Crippen LogP contribution in [0.15, 0.2) is 34.2 Å². The van der Waals surface area contributed by atoms with Crippen molar-refractivity contribution >= 4 is 17.7 Å². The van der Waals surface area contributed by atoms with E-state index in [-0.39, 0.29) is 17.5 Å². The largest absolute Gasteiger partial charge is 0.481 e. The first-order valence-electron chi connectivity index (χ1n) is 5.30. The van der Waals surface area contributed by atoms with Crippen LogP contribution in [0.2, 0.25) is 0 Å². The number of hydrogen-bond acceptors (Lipinski definition) is 4. The lowest BCUT2D eigenvalue weighted by atomic mass is 10.2. The predicted octanol–water partition coefficient (Wildman–Crippen LogP) is 0.935. The summed E-state index contributed by atoms with van der Waals surface area (Å²) in [5.41, 5.74) is 0.137. The van der Waals surface area contributed by atoms with Crippen LogP contribution in [0.4, 0.5) is 4.39 Å². The zero-order valence-corrected chi connectivity index (χ0v) is 10.5. The Morgan fingerprint density at radius 1 is 1.53 bits per heavy atom. The van der Waals surface area contributed by atoms with Gasteiger partial charge in [-0.25, -0.2) is 14.3 Å². The summed E-state index contributed by atoms with van der Waals surface area (Å²) in [5, 5.41) is 14.8. The molecule has 0 fully saturated rings. The van der Waals surface area contributed by atoms with Gasteiger partial charge in [0.05, 0.1) is 12.3 Å². The lowest BCUT2D eigenvalue weighted by Crippen LogP contribution is -2.18. The third-order valence-corrected chi connectivity index (χ3v) is 3.24. The van der Waals surface area contributed by atoms with Gasteiger partial charge in [-0.3, -0.25) is 9.36 Å². The smallest absolute Gasteiger partial charge is 0.344 e. The average Bonchev–Trinajstić information content (AvgIpc) is 2.68. The quantitative estimate of drug-likeness (QED) is 0.797. The third kappa shape index (κ3) is 3.44. The van der Waals surface area contributed by atoms with Crippen molar-refractivity contribution < 1.29 is 14.3 Å². The fraction of sp³-hybridized carbons (Fsp3) is 0.182. The first-order chi connectivity index (χ1) is 9.06. The summed E-state index contributed by atoms with van der Waals surface area (Å²) < 4.78 is 14.3. The highest BCUT2D eigenvalue weighted by Gasteiger charge is 2.11. The van der Waals surface area contributed by atoms with Gasteiger partial charge < -0.3 is 5.11 Å². The van der Waals surface area contributed by atoms with E-state index in [0.29, 0.717) is 5.56 Å². The van der Waals surface area contributed by atoms with Crippen LogP contribution in [-0.4, -0.2) is 31.6 Å². The monoisotopic (exact) mass is 283 g/mol. The Bertz CT molecular complexity index is 653. The Morgan fingerprint density at radius 3 is 3.00 bits per heavy atom. The summed E-state index contributed by atoms with van der Waals surface area (Å²) in [4.78, 5) is 22.1. The third-order valence-electron chi connectivity index (χ3n) is 2.28. The molecule has 8 heteroatoms. The van der Waals surface area contributed by atoms with Crippen molar-refractivity contribution in [2.75, 3.05) is 5.75 Å². The molecule has 0 bridgehead atoms. The molecule has 0 unspecified atom stereocenters. The van der Waals surface area contributed by atoms with Crippen molar-refractivity contribution in [3.63, 3.8) is 0 Å². The van der Waals surface area contributed by atoms with E-state index in [2.05, 4.69) is 10.2 Å². The van der Waals surface area contributed by atoms with E-state index in [1.807, 2.05) is 0 Å². The number of carboxylic acids is 1. The minimum Gasteiger partial charge on any atom is -0.481 e. The standard InChI is InChI=1S/C11H10FN3O3S/c12-8-3-1-2-7(4-8)5-15-10(18)13-14-11(15)19-6-9(16)17/h1-4H,5-6H2,(H,13,18)(H,16,17). The van der Waals surface area contributed by atoms with Gasteiger partial charge in [-0.15, -0.1) is 5.10 Å². The minimum absolute atomic E-state index is 0.134. The Labute approximate surface area is 111 Å². The molecule has 2 rings (SSSR count). The molecule has 1 aromatic carbocycles. The first kappa shape index (κ1) is 13.3. The number of halogens is 1. The molecule has 1 aromatic heterocycles. The number of H-pyrrole nitrogens is 1. The Kier molecular flexibility index (Phi) is 4.00. The molecule has 19 heavy (non-hydrogen) atoms. The van der Waals surface area contributed by atoms with Gasteiger partial charge in [0, 0.05) is 0 Å². The average molecular weight is 283 g/mol. The number of nitrogens with zero attached hydrogens (tertiary/aromatic N) is 2. The van der Waals surface area contributed by atoms with Crippen LogP contribution in [0.25, 0.3) is 0 Å². The van der Waals surface area contributed by atoms with Gasteiger partial charge in [0.15, 0.2) is 5.16 Å². The molecule has 0 saturated carbocycles. The molecule has 2 aromatic rings. The maximum atomic E-state index is 13.1. The van der Waals surface area contributed by atoms with Crippen molar-refractivity contribution in [2.45, 2.75) is 11.7 Å². The summed E-state index contributed by atoms with van der Waals surface area (Å²) in [7, 11) is 0. The second kappa shape index (κ2) is 5.70. The molecule has 0 aliphatic rings. The predicted molar refractivity (Wildman–Crippen MR) is 66.7 cm³/mol. The van der Waals surface area contributed by atoms with Crippen LogP contribution in [0.5, 0.6) is 0 Å². The molecule has 0 aliphatic heterocycles. The van der Waals surface area contributed by atoms with Gasteiger partial charge in [-0.1, -0.05) is 23.9 Å². The van der Waals surface area contributed by atoms with Crippen molar-refractivity contribution in [2.24, 2.45) is 0 Å². The van der Waals surface area contributed by atoms with E-state index >= 15 is 0 Å². The number of thioether (sulfide) groups is 1. The summed E-state index contributed by atoms with van der Waals surface area (Å²) >= 11 is 0.927. The number of hydrogen-bond donors (Lipinski definition) is 2. The minimum atomic E-state index is -1.00. The van der Waals surface area contributed by atoms with E-state index in [9.17, 15) is 14.0 Å². The van der Waals surface area contributed by atoms with Crippen LogP contribution < -0.4 is 5.69 Å². The summed E-state index contributed by atoms with van der Waals surface area (Å²) in [5.74, 6) is -1.60. The van der Waals surface area contributed by atoms with Crippen molar-refractivity contribution in [3.05, 3.63) is 46.1 Å². The lowest BCUT2D eigenvalue weighted by Gasteiger charge is -2.04. The number of nitrogens with one attached hydrogen (secondary N) is 1. The van der Waals surface area contributed by atoms with Crippen LogP contribution in [0.3, 0.4) is 0 Å². The van der Waals surface area contributed by atoms with Crippen LogP contribution in [0.1, 0.15) is 5.56 Å². The van der Waals surface area contributed by atoms with Gasteiger partial charge in [0.2, 0.25) is 0 Å². The van der Waals surface area contributed by atoms with Crippen molar-refractivity contribution in [1.29, 1.82) is 0 Å². The topological polar surface area (TPSA) is 88.0 Å². The maximum Gasteiger partial charge on any atom is 0.344 e. The van der Waals surface area contributed by atoms with E-state index < -0.39 is 17.5 Å². The number of carbonyl (C=O) groups is 1. The van der Waals surface area contributed by atoms with Crippen LogP contribution in [-0.2, 0) is 11.3 Å². The zero-order valence-electron chi connectivity index (χ0n) is 9.67. The highest BCUT2D eigenvalue weighted by molar-refractivity contribution is 7.99. The Balaban J connectivity index is 2.22. The van der Waals surface area contributed by atoms with Crippen molar-refractivity contribution in [3.8, 4) is 0 Å². The normalized spacial score (nSPS) is 10.6. The number of aromatic nitrogens is 3. The molecule has 2 N–H and O–H groups in total. The SMILES string of the molecule is O=C(O)CSc1n[nH]c(=O)n1Cc1cccc(F)c1. The summed E-state index contributed by atoms with van der Waals surface area (Å²) in [6.45, 7) is 0.134. The second-order valence-corrected chi connectivity index (χ2v) is 4.65. The van der Waals surface area contributed by atoms with Gasteiger partial charge >= 0.3 is 11.7 Å².